The van der Waals surface area contributed by atoms with Crippen molar-refractivity contribution in [2.75, 3.05) is 5.73 Å². The van der Waals surface area contributed by atoms with Gasteiger partial charge in [0.2, 0.25) is 5.95 Å². The third-order valence-corrected chi connectivity index (χ3v) is 3.67. The predicted molar refractivity (Wildman–Crippen MR) is 80.4 cm³/mol. The molecule has 0 saturated heterocycles. The molecule has 3 aromatic rings. The average molecular weight is 287 g/mol. The van der Waals surface area contributed by atoms with E-state index in [-0.39, 0.29) is 5.82 Å². The summed E-state index contributed by atoms with van der Waals surface area (Å²) in [4.78, 5) is 4.41. The van der Waals surface area contributed by atoms with Crippen LogP contribution in [0, 0.1) is 12.7 Å². The number of halogens is 1. The minimum atomic E-state index is -0.219. The summed E-state index contributed by atoms with van der Waals surface area (Å²) >= 11 is 0. The van der Waals surface area contributed by atoms with Gasteiger partial charge in [0.25, 0.3) is 0 Å². The number of rotatable bonds is 4. The predicted octanol–water partition coefficient (Wildman–Crippen LogP) is 2.53. The molecule has 110 valence electrons. The summed E-state index contributed by atoms with van der Waals surface area (Å²) in [5.74, 6) is 0.276. The highest BCUT2D eigenvalue weighted by Gasteiger charge is 2.16. The molecular weight excluding hydrogens is 269 g/mol. The molecule has 0 amide bonds. The quantitative estimate of drug-likeness (QED) is 0.802. The van der Waals surface area contributed by atoms with Crippen LogP contribution in [0.4, 0.5) is 10.3 Å². The average Bonchev–Trinajstić information content (AvgIpc) is 2.96. The molecule has 0 fully saturated rings. The first-order chi connectivity index (χ1) is 10.1. The molecule has 3 rings (SSSR count). The van der Waals surface area contributed by atoms with Crippen molar-refractivity contribution in [1.82, 2.24) is 19.3 Å². The van der Waals surface area contributed by atoms with Gasteiger partial charge in [0.15, 0.2) is 5.65 Å². The summed E-state index contributed by atoms with van der Waals surface area (Å²) in [5.41, 5.74) is 9.79. The smallest absolute Gasteiger partial charge is 0.202 e. The molecule has 6 heteroatoms. The Morgan fingerprint density at radius 2 is 1.95 bits per heavy atom. The van der Waals surface area contributed by atoms with E-state index < -0.39 is 0 Å². The zero-order chi connectivity index (χ0) is 15.0. The Hall–Kier alpha value is -2.37. The SMILES string of the molecule is CCn1nc(C)c2nc(N)n(CCc3ccc(F)cc3)c21. The first kappa shape index (κ1) is 13.6. The summed E-state index contributed by atoms with van der Waals surface area (Å²) in [6.45, 7) is 5.44. The molecule has 0 atom stereocenters. The summed E-state index contributed by atoms with van der Waals surface area (Å²) in [5, 5.41) is 4.46. The maximum absolute atomic E-state index is 12.9. The molecule has 2 N–H and O–H groups in total. The van der Waals surface area contributed by atoms with E-state index >= 15 is 0 Å². The topological polar surface area (TPSA) is 61.7 Å². The first-order valence-electron chi connectivity index (χ1n) is 7.03. The van der Waals surface area contributed by atoms with E-state index in [1.807, 2.05) is 23.1 Å². The van der Waals surface area contributed by atoms with Crippen molar-refractivity contribution in [3.05, 3.63) is 41.3 Å². The standard InChI is InChI=1S/C15H18FN5/c1-3-21-14-13(10(2)19-21)18-15(17)20(14)9-8-11-4-6-12(16)7-5-11/h4-7H,3,8-9H2,1-2H3,(H2,17,18). The highest BCUT2D eigenvalue weighted by atomic mass is 19.1. The Balaban J connectivity index is 1.92. The molecule has 2 aromatic heterocycles. The number of nitrogens with two attached hydrogens (primary N) is 1. The molecule has 0 bridgehead atoms. The van der Waals surface area contributed by atoms with E-state index in [0.29, 0.717) is 12.5 Å². The van der Waals surface area contributed by atoms with Crippen LogP contribution < -0.4 is 5.73 Å². The van der Waals surface area contributed by atoms with Crippen molar-refractivity contribution in [2.45, 2.75) is 33.4 Å². The molecular formula is C15H18FN5. The van der Waals surface area contributed by atoms with Crippen LogP contribution in [-0.2, 0) is 19.5 Å². The molecule has 0 aliphatic rings. The maximum atomic E-state index is 12.9. The van der Waals surface area contributed by atoms with Crippen LogP contribution in [0.3, 0.4) is 0 Å². The molecule has 0 saturated carbocycles. The second-order valence-corrected chi connectivity index (χ2v) is 5.07. The van der Waals surface area contributed by atoms with Gasteiger partial charge >= 0.3 is 0 Å². The van der Waals surface area contributed by atoms with Crippen molar-refractivity contribution in [3.8, 4) is 0 Å². The number of imidazole rings is 1. The van der Waals surface area contributed by atoms with Crippen molar-refractivity contribution in [2.24, 2.45) is 0 Å². The Labute approximate surface area is 122 Å². The van der Waals surface area contributed by atoms with E-state index in [4.69, 9.17) is 5.73 Å². The molecule has 21 heavy (non-hydrogen) atoms. The fourth-order valence-corrected chi connectivity index (χ4v) is 2.57. The van der Waals surface area contributed by atoms with E-state index in [2.05, 4.69) is 10.1 Å². The van der Waals surface area contributed by atoms with Crippen molar-refractivity contribution < 1.29 is 4.39 Å². The Bertz CT molecular complexity index is 770. The highest BCUT2D eigenvalue weighted by molar-refractivity contribution is 5.77. The number of hydrogen-bond donors (Lipinski definition) is 1. The van der Waals surface area contributed by atoms with E-state index in [0.717, 1.165) is 35.4 Å². The van der Waals surface area contributed by atoms with Crippen LogP contribution in [0.25, 0.3) is 11.2 Å². The van der Waals surface area contributed by atoms with Gasteiger partial charge in [-0.1, -0.05) is 12.1 Å². The lowest BCUT2D eigenvalue weighted by Gasteiger charge is -2.08. The molecule has 0 unspecified atom stereocenters. The second kappa shape index (κ2) is 5.20. The molecule has 0 aliphatic carbocycles. The second-order valence-electron chi connectivity index (χ2n) is 5.07. The fraction of sp³-hybridized carbons (Fsp3) is 0.333. The van der Waals surface area contributed by atoms with Gasteiger partial charge in [-0.05, 0) is 38.0 Å². The van der Waals surface area contributed by atoms with Gasteiger partial charge in [0.05, 0.1) is 5.69 Å². The van der Waals surface area contributed by atoms with E-state index in [1.54, 1.807) is 12.1 Å². The number of benzene rings is 1. The van der Waals surface area contributed by atoms with Gasteiger partial charge in [-0.15, -0.1) is 0 Å². The number of nitrogens with zero attached hydrogens (tertiary/aromatic N) is 4. The summed E-state index contributed by atoms with van der Waals surface area (Å²) in [7, 11) is 0. The zero-order valence-electron chi connectivity index (χ0n) is 12.2. The minimum Gasteiger partial charge on any atom is -0.369 e. The van der Waals surface area contributed by atoms with Gasteiger partial charge in [0.1, 0.15) is 11.3 Å². The Morgan fingerprint density at radius 3 is 2.62 bits per heavy atom. The number of nitrogen functional groups attached to an aromatic ring is 1. The number of aryl methyl sites for hydroxylation is 4. The summed E-state index contributed by atoms with van der Waals surface area (Å²) < 4.78 is 16.8. The number of hydrogen-bond acceptors (Lipinski definition) is 3. The minimum absolute atomic E-state index is 0.219. The van der Waals surface area contributed by atoms with Crippen LogP contribution in [0.15, 0.2) is 24.3 Å². The third kappa shape index (κ3) is 2.37. The van der Waals surface area contributed by atoms with Crippen LogP contribution in [-0.4, -0.2) is 19.3 Å². The van der Waals surface area contributed by atoms with Gasteiger partial charge in [0, 0.05) is 13.1 Å². The molecule has 2 heterocycles. The van der Waals surface area contributed by atoms with Crippen molar-refractivity contribution >= 4 is 17.1 Å². The summed E-state index contributed by atoms with van der Waals surface area (Å²) in [6, 6.07) is 6.54. The van der Waals surface area contributed by atoms with Gasteiger partial charge in [-0.2, -0.15) is 5.10 Å². The molecule has 1 aromatic carbocycles. The fourth-order valence-electron chi connectivity index (χ4n) is 2.57. The molecule has 0 radical (unpaired) electrons. The number of anilines is 1. The zero-order valence-corrected chi connectivity index (χ0v) is 12.2. The van der Waals surface area contributed by atoms with Gasteiger partial charge in [-0.3, -0.25) is 4.57 Å². The molecule has 0 spiro atoms. The number of fused-ring (bicyclic) bond motifs is 1. The lowest BCUT2D eigenvalue weighted by molar-refractivity contribution is 0.622. The monoisotopic (exact) mass is 287 g/mol. The molecule has 0 aliphatic heterocycles. The largest absolute Gasteiger partial charge is 0.369 e. The van der Waals surface area contributed by atoms with Gasteiger partial charge in [-0.25, -0.2) is 14.1 Å². The normalized spacial score (nSPS) is 11.4. The maximum Gasteiger partial charge on any atom is 0.202 e. The highest BCUT2D eigenvalue weighted by Crippen LogP contribution is 2.21. The molecule has 5 nitrogen and oxygen atoms in total. The van der Waals surface area contributed by atoms with Crippen molar-refractivity contribution in [1.29, 1.82) is 0 Å². The van der Waals surface area contributed by atoms with E-state index in [9.17, 15) is 4.39 Å². The Morgan fingerprint density at radius 1 is 1.24 bits per heavy atom. The first-order valence-corrected chi connectivity index (χ1v) is 7.03. The van der Waals surface area contributed by atoms with Crippen LogP contribution >= 0.6 is 0 Å². The van der Waals surface area contributed by atoms with Crippen LogP contribution in [0.5, 0.6) is 0 Å². The lowest BCUT2D eigenvalue weighted by atomic mass is 10.1. The van der Waals surface area contributed by atoms with Crippen molar-refractivity contribution in [3.63, 3.8) is 0 Å². The number of aromatic nitrogens is 4. The van der Waals surface area contributed by atoms with Crippen LogP contribution in [0.1, 0.15) is 18.2 Å². The van der Waals surface area contributed by atoms with Gasteiger partial charge < -0.3 is 5.73 Å². The Kier molecular flexibility index (Phi) is 3.37. The summed E-state index contributed by atoms with van der Waals surface area (Å²) in [6.07, 6.45) is 0.768. The lowest BCUT2D eigenvalue weighted by Crippen LogP contribution is -2.10. The van der Waals surface area contributed by atoms with Crippen LogP contribution in [0.2, 0.25) is 0 Å². The third-order valence-electron chi connectivity index (χ3n) is 3.67. The van der Waals surface area contributed by atoms with E-state index in [1.165, 1.54) is 12.1 Å².